The van der Waals surface area contributed by atoms with Crippen LogP contribution >= 0.6 is 27.3 Å². The molecular weight excluding hydrogens is 338 g/mol. The Kier molecular flexibility index (Phi) is 4.15. The fourth-order valence-electron chi connectivity index (χ4n) is 2.01. The lowest BCUT2D eigenvalue weighted by Crippen LogP contribution is -2.40. The van der Waals surface area contributed by atoms with Crippen molar-refractivity contribution in [3.8, 4) is 0 Å². The summed E-state index contributed by atoms with van der Waals surface area (Å²) < 4.78 is 32.5. The van der Waals surface area contributed by atoms with Gasteiger partial charge in [0.15, 0.2) is 0 Å². The summed E-state index contributed by atoms with van der Waals surface area (Å²) in [4.78, 5) is 0.999. The molecule has 1 saturated heterocycles. The van der Waals surface area contributed by atoms with E-state index in [0.29, 0.717) is 12.2 Å². The summed E-state index contributed by atoms with van der Waals surface area (Å²) in [6.45, 7) is 3.78. The molecule has 0 spiro atoms. The van der Waals surface area contributed by atoms with Crippen LogP contribution in [0.2, 0.25) is 0 Å². The fourth-order valence-corrected chi connectivity index (χ4v) is 5.18. The van der Waals surface area contributed by atoms with Crippen LogP contribution in [-0.4, -0.2) is 21.3 Å². The van der Waals surface area contributed by atoms with Gasteiger partial charge >= 0.3 is 0 Å². The number of hydrogen-bond donors (Lipinski definition) is 1. The lowest BCUT2D eigenvalue weighted by Gasteiger charge is -2.29. The summed E-state index contributed by atoms with van der Waals surface area (Å²) in [5, 5.41) is 0. The fraction of sp³-hybridized carbons (Fsp3) is 0.455. The van der Waals surface area contributed by atoms with Gasteiger partial charge in [0.05, 0.1) is 28.5 Å². The molecular formula is C11H14BrNO3S2. The van der Waals surface area contributed by atoms with Gasteiger partial charge in [-0.25, -0.2) is 13.1 Å². The summed E-state index contributed by atoms with van der Waals surface area (Å²) in [6.07, 6.45) is 0.679. The van der Waals surface area contributed by atoms with Crippen molar-refractivity contribution >= 4 is 37.3 Å². The quantitative estimate of drug-likeness (QED) is 0.851. The molecule has 2 heterocycles. The van der Waals surface area contributed by atoms with Crippen molar-refractivity contribution in [2.75, 3.05) is 12.9 Å². The molecule has 1 aliphatic rings. The van der Waals surface area contributed by atoms with E-state index in [4.69, 9.17) is 4.74 Å². The largest absolute Gasteiger partial charge is 0.501 e. The van der Waals surface area contributed by atoms with Gasteiger partial charge in [-0.3, -0.25) is 0 Å². The second-order valence-electron chi connectivity index (χ2n) is 4.20. The number of nitrogens with one attached hydrogen (secondary N) is 1. The van der Waals surface area contributed by atoms with Crippen molar-refractivity contribution in [1.29, 1.82) is 0 Å². The van der Waals surface area contributed by atoms with E-state index in [1.807, 2.05) is 12.1 Å². The third-order valence-corrected chi connectivity index (χ3v) is 6.14. The summed E-state index contributed by atoms with van der Waals surface area (Å²) >= 11 is 4.92. The molecule has 0 radical (unpaired) electrons. The standard InChI is InChI=1S/C11H14BrNO3S2/c1-7(16-2)8-5-9(13-18(14,15)6-8)10-3-4-11(12)17-10/h3-4,8-9,13H,1,5-6H2,2H3. The Hall–Kier alpha value is -0.370. The van der Waals surface area contributed by atoms with Crippen molar-refractivity contribution in [1.82, 2.24) is 4.72 Å². The molecule has 100 valence electrons. The zero-order valence-corrected chi connectivity index (χ0v) is 13.1. The molecule has 2 rings (SSSR count). The van der Waals surface area contributed by atoms with Gasteiger partial charge in [-0.05, 0) is 34.5 Å². The van der Waals surface area contributed by atoms with Gasteiger partial charge in [0, 0.05) is 10.8 Å². The Morgan fingerprint density at radius 2 is 2.33 bits per heavy atom. The van der Waals surface area contributed by atoms with Gasteiger partial charge in [-0.2, -0.15) is 0 Å². The Labute approximate surface area is 119 Å². The first-order chi connectivity index (χ1) is 8.41. The highest BCUT2D eigenvalue weighted by atomic mass is 79.9. The van der Waals surface area contributed by atoms with E-state index in [1.165, 1.54) is 18.4 Å². The molecule has 2 unspecified atom stereocenters. The van der Waals surface area contributed by atoms with Crippen molar-refractivity contribution in [3.63, 3.8) is 0 Å². The average Bonchev–Trinajstić information content (AvgIpc) is 2.72. The van der Waals surface area contributed by atoms with Gasteiger partial charge in [0.1, 0.15) is 0 Å². The van der Waals surface area contributed by atoms with Crippen LogP contribution < -0.4 is 4.72 Å². The van der Waals surface area contributed by atoms with Gasteiger partial charge in [0.25, 0.3) is 0 Å². The zero-order chi connectivity index (χ0) is 13.3. The zero-order valence-electron chi connectivity index (χ0n) is 9.85. The summed E-state index contributed by atoms with van der Waals surface area (Å²) in [5.74, 6) is 0.413. The Morgan fingerprint density at radius 1 is 1.61 bits per heavy atom. The molecule has 1 aliphatic heterocycles. The molecule has 18 heavy (non-hydrogen) atoms. The van der Waals surface area contributed by atoms with Crippen molar-refractivity contribution in [2.45, 2.75) is 12.5 Å². The maximum absolute atomic E-state index is 11.9. The van der Waals surface area contributed by atoms with Crippen LogP contribution in [0, 0.1) is 5.92 Å². The van der Waals surface area contributed by atoms with E-state index in [2.05, 4.69) is 27.2 Å². The summed E-state index contributed by atoms with van der Waals surface area (Å²) in [5.41, 5.74) is 0. The molecule has 0 aliphatic carbocycles. The summed E-state index contributed by atoms with van der Waals surface area (Å²) in [7, 11) is -1.75. The molecule has 7 heteroatoms. The first-order valence-electron chi connectivity index (χ1n) is 5.39. The Bertz CT molecular complexity index is 552. The number of allylic oxidation sites excluding steroid dienone is 1. The average molecular weight is 352 g/mol. The molecule has 2 atom stereocenters. The van der Waals surface area contributed by atoms with Gasteiger partial charge in [-0.1, -0.05) is 6.58 Å². The molecule has 1 N–H and O–H groups in total. The number of sulfonamides is 1. The van der Waals surface area contributed by atoms with Crippen LogP contribution in [-0.2, 0) is 14.8 Å². The SMILES string of the molecule is C=C(OC)C1CC(c2ccc(Br)s2)NS(=O)(=O)C1. The molecule has 4 nitrogen and oxygen atoms in total. The maximum Gasteiger partial charge on any atom is 0.212 e. The van der Waals surface area contributed by atoms with Gasteiger partial charge < -0.3 is 4.74 Å². The minimum Gasteiger partial charge on any atom is -0.501 e. The highest BCUT2D eigenvalue weighted by Gasteiger charge is 2.34. The number of methoxy groups -OCH3 is 1. The lowest BCUT2D eigenvalue weighted by molar-refractivity contribution is 0.235. The van der Waals surface area contributed by atoms with Crippen molar-refractivity contribution < 1.29 is 13.2 Å². The van der Waals surface area contributed by atoms with E-state index in [9.17, 15) is 8.42 Å². The number of rotatable bonds is 3. The highest BCUT2D eigenvalue weighted by molar-refractivity contribution is 9.11. The normalized spacial score (nSPS) is 26.8. The number of thiophene rings is 1. The van der Waals surface area contributed by atoms with E-state index < -0.39 is 10.0 Å². The molecule has 0 aromatic carbocycles. The third kappa shape index (κ3) is 3.14. The van der Waals surface area contributed by atoms with Gasteiger partial charge in [-0.15, -0.1) is 11.3 Å². The Morgan fingerprint density at radius 3 is 2.89 bits per heavy atom. The van der Waals surface area contributed by atoms with E-state index in [0.717, 1.165) is 8.66 Å². The minimum atomic E-state index is -3.27. The van der Waals surface area contributed by atoms with Gasteiger partial charge in [0.2, 0.25) is 10.0 Å². The number of hydrogen-bond acceptors (Lipinski definition) is 4. The van der Waals surface area contributed by atoms with Crippen LogP contribution in [0.5, 0.6) is 0 Å². The monoisotopic (exact) mass is 351 g/mol. The second-order valence-corrected chi connectivity index (χ2v) is 8.49. The third-order valence-electron chi connectivity index (χ3n) is 2.92. The molecule has 0 amide bonds. The van der Waals surface area contributed by atoms with E-state index in [1.54, 1.807) is 0 Å². The van der Waals surface area contributed by atoms with Crippen molar-refractivity contribution in [3.05, 3.63) is 33.1 Å². The molecule has 1 fully saturated rings. The molecule has 1 aromatic heterocycles. The minimum absolute atomic E-state index is 0.0444. The number of ether oxygens (including phenoxy) is 1. The smallest absolute Gasteiger partial charge is 0.212 e. The Balaban J connectivity index is 2.24. The molecule has 0 saturated carbocycles. The predicted octanol–water partition coefficient (Wildman–Crippen LogP) is 2.65. The maximum atomic E-state index is 11.9. The summed E-state index contributed by atoms with van der Waals surface area (Å²) in [6, 6.07) is 3.65. The number of halogens is 1. The van der Waals surface area contributed by atoms with E-state index >= 15 is 0 Å². The second kappa shape index (κ2) is 5.32. The molecule has 0 bridgehead atoms. The van der Waals surface area contributed by atoms with Crippen LogP contribution in [0.3, 0.4) is 0 Å². The molecule has 1 aromatic rings. The van der Waals surface area contributed by atoms with Crippen LogP contribution in [0.1, 0.15) is 17.3 Å². The topological polar surface area (TPSA) is 55.4 Å². The van der Waals surface area contributed by atoms with Crippen LogP contribution in [0.25, 0.3) is 0 Å². The van der Waals surface area contributed by atoms with Crippen molar-refractivity contribution in [2.24, 2.45) is 5.92 Å². The predicted molar refractivity (Wildman–Crippen MR) is 75.9 cm³/mol. The first-order valence-corrected chi connectivity index (χ1v) is 8.65. The van der Waals surface area contributed by atoms with Crippen LogP contribution in [0.15, 0.2) is 28.3 Å². The van der Waals surface area contributed by atoms with E-state index in [-0.39, 0.29) is 17.7 Å². The lowest BCUT2D eigenvalue weighted by atomic mass is 9.99. The highest BCUT2D eigenvalue weighted by Crippen LogP contribution is 2.36. The first kappa shape index (κ1) is 14.0. The van der Waals surface area contributed by atoms with Crippen LogP contribution in [0.4, 0.5) is 0 Å².